The van der Waals surface area contributed by atoms with Crippen LogP contribution >= 0.6 is 0 Å². The van der Waals surface area contributed by atoms with E-state index < -0.39 is 11.2 Å². The normalized spacial score (nSPS) is 10.9. The Morgan fingerprint density at radius 2 is 0.636 bits per heavy atom. The maximum absolute atomic E-state index is 10.1. The van der Waals surface area contributed by atoms with E-state index in [2.05, 4.69) is 0 Å². The van der Waals surface area contributed by atoms with Crippen molar-refractivity contribution in [3.05, 3.63) is 0 Å². The van der Waals surface area contributed by atoms with Gasteiger partial charge in [-0.15, -0.1) is 11.2 Å². The number of hydrogen-bond donors (Lipinski definition) is 0. The van der Waals surface area contributed by atoms with Gasteiger partial charge in [0.1, 0.15) is 0 Å². The molecule has 3 heteroatoms. The molecule has 0 aromatic heterocycles. The summed E-state index contributed by atoms with van der Waals surface area (Å²) in [4.78, 5) is 0. The van der Waals surface area contributed by atoms with Crippen molar-refractivity contribution in [3.63, 3.8) is 0 Å². The van der Waals surface area contributed by atoms with Crippen LogP contribution in [0, 0.1) is 0 Å². The molecule has 11 heavy (non-hydrogen) atoms. The summed E-state index contributed by atoms with van der Waals surface area (Å²) in [5, 5.41) is 20.2. The van der Waals surface area contributed by atoms with E-state index in [9.17, 15) is 10.2 Å². The van der Waals surface area contributed by atoms with Crippen LogP contribution in [0.25, 0.3) is 0 Å². The van der Waals surface area contributed by atoms with Crippen molar-refractivity contribution < 1.29 is 10.2 Å². The summed E-state index contributed by atoms with van der Waals surface area (Å²) < 4.78 is 0. The fourth-order valence-corrected chi connectivity index (χ4v) is 0. The van der Waals surface area contributed by atoms with Crippen LogP contribution in [-0.2, 0) is 0 Å². The summed E-state index contributed by atoms with van der Waals surface area (Å²) in [5.74, 6) is 0. The van der Waals surface area contributed by atoms with E-state index in [4.69, 9.17) is 0 Å². The second-order valence-corrected chi connectivity index (χ2v) is 4.22. The van der Waals surface area contributed by atoms with Crippen molar-refractivity contribution in [2.75, 3.05) is 0 Å². The largest absolute Gasteiger partial charge is 2.00 e. The zero-order valence-corrected chi connectivity index (χ0v) is 12.2. The van der Waals surface area contributed by atoms with E-state index in [0.29, 0.717) is 0 Å². The van der Waals surface area contributed by atoms with Gasteiger partial charge in [-0.25, -0.2) is 0 Å². The first-order valence-corrected chi connectivity index (χ1v) is 3.41. The summed E-state index contributed by atoms with van der Waals surface area (Å²) >= 11 is 0. The first-order valence-electron chi connectivity index (χ1n) is 3.41. The second kappa shape index (κ2) is 6.37. The summed E-state index contributed by atoms with van der Waals surface area (Å²) in [6, 6.07) is 0. The quantitative estimate of drug-likeness (QED) is 0.572. The molecule has 2 nitrogen and oxygen atoms in total. The monoisotopic (exact) mass is 354 g/mol. The Hall–Kier alpha value is 0.842. The van der Waals surface area contributed by atoms with Gasteiger partial charge in [0.25, 0.3) is 0 Å². The predicted molar refractivity (Wildman–Crippen MR) is 45.3 cm³/mol. The summed E-state index contributed by atoms with van der Waals surface area (Å²) in [6.07, 6.45) is 0. The molecule has 0 spiro atoms. The SMILES string of the molecule is CC(C)(C)[O-].CC(C)(C)[O-].[Pb+2]. The minimum Gasteiger partial charge on any atom is -0.850 e. The van der Waals surface area contributed by atoms with Gasteiger partial charge in [-0.3, -0.25) is 0 Å². The molecular formula is C8H18O2Pb. The van der Waals surface area contributed by atoms with Crippen molar-refractivity contribution in [3.8, 4) is 0 Å². The molecule has 0 aromatic carbocycles. The van der Waals surface area contributed by atoms with Gasteiger partial charge in [0.15, 0.2) is 0 Å². The molecule has 0 aromatic rings. The summed E-state index contributed by atoms with van der Waals surface area (Å²) in [5.41, 5.74) is -1.50. The molecular weight excluding hydrogens is 335 g/mol. The Balaban J connectivity index is -0.000000107. The smallest absolute Gasteiger partial charge is 0.850 e. The molecule has 0 aliphatic heterocycles. The molecule has 2 radical (unpaired) electrons. The average molecular weight is 353 g/mol. The fraction of sp³-hybridized carbons (Fsp3) is 1.00. The predicted octanol–water partition coefficient (Wildman–Crippen LogP) is -0.0904. The molecule has 0 saturated carbocycles. The first kappa shape index (κ1) is 17.8. The Morgan fingerprint density at radius 3 is 0.636 bits per heavy atom. The van der Waals surface area contributed by atoms with Crippen molar-refractivity contribution in [1.29, 1.82) is 0 Å². The number of hydrogen-bond acceptors (Lipinski definition) is 2. The first-order chi connectivity index (χ1) is 4.00. The van der Waals surface area contributed by atoms with Crippen LogP contribution in [0.2, 0.25) is 0 Å². The standard InChI is InChI=1S/2C4H9O.Pb/c2*1-4(2,3)5;/h2*1-3H3;/q2*-1;+2. The zero-order valence-electron chi connectivity index (χ0n) is 8.32. The fourth-order valence-electron chi connectivity index (χ4n) is 0. The topological polar surface area (TPSA) is 46.1 Å². The van der Waals surface area contributed by atoms with Crippen molar-refractivity contribution >= 4 is 27.3 Å². The van der Waals surface area contributed by atoms with Gasteiger partial charge in [0.05, 0.1) is 0 Å². The molecule has 0 aliphatic carbocycles. The Kier molecular flexibility index (Phi) is 10.3. The maximum atomic E-state index is 10.1. The van der Waals surface area contributed by atoms with Gasteiger partial charge in [0, 0.05) is 0 Å². The molecule has 0 atom stereocenters. The number of rotatable bonds is 0. The molecule has 0 saturated heterocycles. The third-order valence-corrected chi connectivity index (χ3v) is 0. The molecule has 0 N–H and O–H groups in total. The van der Waals surface area contributed by atoms with Crippen LogP contribution in [0.3, 0.4) is 0 Å². The van der Waals surface area contributed by atoms with Crippen molar-refractivity contribution in [2.24, 2.45) is 0 Å². The van der Waals surface area contributed by atoms with Crippen LogP contribution in [0.15, 0.2) is 0 Å². The second-order valence-electron chi connectivity index (χ2n) is 4.22. The molecule has 66 valence electrons. The average Bonchev–Trinajstić information content (AvgIpc) is 1.12. The van der Waals surface area contributed by atoms with Gasteiger partial charge in [-0.2, -0.15) is 0 Å². The van der Waals surface area contributed by atoms with Crippen LogP contribution < -0.4 is 10.2 Å². The maximum Gasteiger partial charge on any atom is 2.00 e. The summed E-state index contributed by atoms with van der Waals surface area (Å²) in [7, 11) is 0. The minimum absolute atomic E-state index is 0. The van der Waals surface area contributed by atoms with E-state index in [0.717, 1.165) is 0 Å². The molecule has 0 bridgehead atoms. The van der Waals surface area contributed by atoms with E-state index >= 15 is 0 Å². The molecule has 0 heterocycles. The van der Waals surface area contributed by atoms with Gasteiger partial charge in [-0.05, 0) is 0 Å². The van der Waals surface area contributed by atoms with Crippen molar-refractivity contribution in [2.45, 2.75) is 52.7 Å². The molecule has 0 rings (SSSR count). The van der Waals surface area contributed by atoms with Gasteiger partial charge >= 0.3 is 27.3 Å². The van der Waals surface area contributed by atoms with Gasteiger partial charge in [0.2, 0.25) is 0 Å². The van der Waals surface area contributed by atoms with E-state index in [1.54, 1.807) is 41.5 Å². The van der Waals surface area contributed by atoms with Gasteiger partial charge < -0.3 is 10.2 Å². The third-order valence-electron chi connectivity index (χ3n) is 0. The van der Waals surface area contributed by atoms with Crippen LogP contribution in [0.5, 0.6) is 0 Å². The van der Waals surface area contributed by atoms with Crippen LogP contribution in [0.1, 0.15) is 41.5 Å². The van der Waals surface area contributed by atoms with Crippen LogP contribution in [0.4, 0.5) is 0 Å². The Morgan fingerprint density at radius 1 is 0.636 bits per heavy atom. The van der Waals surface area contributed by atoms with E-state index in [-0.39, 0.29) is 27.3 Å². The minimum atomic E-state index is -0.750. The molecule has 0 aliphatic rings. The molecule has 0 unspecified atom stereocenters. The van der Waals surface area contributed by atoms with Crippen LogP contribution in [-0.4, -0.2) is 38.5 Å². The Labute approximate surface area is 90.2 Å². The zero-order chi connectivity index (χ0) is 9.00. The van der Waals surface area contributed by atoms with E-state index in [1.165, 1.54) is 0 Å². The molecule has 0 amide bonds. The van der Waals surface area contributed by atoms with E-state index in [1.807, 2.05) is 0 Å². The Bertz CT molecular complexity index is 55.1. The van der Waals surface area contributed by atoms with Crippen molar-refractivity contribution in [1.82, 2.24) is 0 Å². The third kappa shape index (κ3) is 1200. The van der Waals surface area contributed by atoms with Gasteiger partial charge in [-0.1, -0.05) is 41.5 Å². The molecule has 0 fully saturated rings. The summed E-state index contributed by atoms with van der Waals surface area (Å²) in [6.45, 7) is 9.79.